The van der Waals surface area contributed by atoms with E-state index in [1.165, 1.54) is 0 Å². The first-order valence-corrected chi connectivity index (χ1v) is 8.29. The van der Waals surface area contributed by atoms with Crippen molar-refractivity contribution in [1.29, 1.82) is 0 Å². The van der Waals surface area contributed by atoms with Crippen LogP contribution >= 0.6 is 0 Å². The van der Waals surface area contributed by atoms with Gasteiger partial charge in [-0.1, -0.05) is 17.7 Å². The van der Waals surface area contributed by atoms with Gasteiger partial charge in [-0.3, -0.25) is 4.79 Å². The van der Waals surface area contributed by atoms with Crippen LogP contribution in [0.3, 0.4) is 0 Å². The molecule has 0 radical (unpaired) electrons. The normalized spacial score (nSPS) is 18.6. The van der Waals surface area contributed by atoms with Crippen LogP contribution in [0.5, 0.6) is 11.5 Å². The molecule has 0 aromatic heterocycles. The molecule has 1 amide bonds. The first-order valence-electron chi connectivity index (χ1n) is 8.29. The molecular weight excluding hydrogens is 318 g/mol. The minimum Gasteiger partial charge on any atom is -0.493 e. The molecule has 3 rings (SSSR count). The highest BCUT2D eigenvalue weighted by Gasteiger charge is 2.38. The van der Waals surface area contributed by atoms with Gasteiger partial charge in [0.25, 0.3) is 5.91 Å². The third-order valence-electron chi connectivity index (χ3n) is 4.74. The Labute approximate surface area is 147 Å². The van der Waals surface area contributed by atoms with Crippen LogP contribution in [-0.4, -0.2) is 31.8 Å². The van der Waals surface area contributed by atoms with E-state index in [0.717, 1.165) is 23.1 Å². The predicted molar refractivity (Wildman–Crippen MR) is 95.3 cm³/mol. The number of methoxy groups -OCH3 is 2. The van der Waals surface area contributed by atoms with Crippen molar-refractivity contribution < 1.29 is 19.4 Å². The first-order chi connectivity index (χ1) is 12.0. The fraction of sp³-hybridized carbons (Fsp3) is 0.350. The fourth-order valence-electron chi connectivity index (χ4n) is 3.34. The monoisotopic (exact) mass is 341 g/mol. The third-order valence-corrected chi connectivity index (χ3v) is 4.74. The zero-order chi connectivity index (χ0) is 18.0. The van der Waals surface area contributed by atoms with Crippen molar-refractivity contribution in [3.63, 3.8) is 0 Å². The molecule has 5 heteroatoms. The number of fused-ring (bicyclic) bond motifs is 1. The highest BCUT2D eigenvalue weighted by Crippen LogP contribution is 2.42. The molecule has 0 fully saturated rings. The second-order valence-corrected chi connectivity index (χ2v) is 6.45. The number of benzene rings is 2. The maximum absolute atomic E-state index is 12.4. The predicted octanol–water partition coefficient (Wildman–Crippen LogP) is 2.58. The van der Waals surface area contributed by atoms with Gasteiger partial charge in [-0.05, 0) is 55.2 Å². The van der Waals surface area contributed by atoms with Crippen LogP contribution in [0.1, 0.15) is 33.5 Å². The quantitative estimate of drug-likeness (QED) is 0.877. The Kier molecular flexibility index (Phi) is 4.68. The van der Waals surface area contributed by atoms with E-state index in [2.05, 4.69) is 5.32 Å². The van der Waals surface area contributed by atoms with Crippen LogP contribution in [0.15, 0.2) is 36.4 Å². The Morgan fingerprint density at radius 1 is 1.20 bits per heavy atom. The van der Waals surface area contributed by atoms with Crippen molar-refractivity contribution in [3.05, 3.63) is 58.7 Å². The van der Waals surface area contributed by atoms with E-state index in [-0.39, 0.29) is 12.5 Å². The topological polar surface area (TPSA) is 67.8 Å². The maximum atomic E-state index is 12.4. The zero-order valence-electron chi connectivity index (χ0n) is 14.8. The average Bonchev–Trinajstić information content (AvgIpc) is 2.95. The Hall–Kier alpha value is -2.53. The van der Waals surface area contributed by atoms with Gasteiger partial charge in [0.15, 0.2) is 11.5 Å². The lowest BCUT2D eigenvalue weighted by Gasteiger charge is -2.25. The fourth-order valence-corrected chi connectivity index (χ4v) is 3.34. The van der Waals surface area contributed by atoms with Gasteiger partial charge in [-0.2, -0.15) is 0 Å². The Balaban J connectivity index is 1.79. The number of aryl methyl sites for hydroxylation is 2. The number of ether oxygens (including phenoxy) is 2. The number of hydrogen-bond donors (Lipinski definition) is 2. The van der Waals surface area contributed by atoms with Crippen LogP contribution in [0, 0.1) is 6.92 Å². The lowest BCUT2D eigenvalue weighted by Crippen LogP contribution is -2.39. The molecule has 0 bridgehead atoms. The highest BCUT2D eigenvalue weighted by molar-refractivity contribution is 5.94. The van der Waals surface area contributed by atoms with Crippen molar-refractivity contribution in [2.45, 2.75) is 25.4 Å². The van der Waals surface area contributed by atoms with E-state index < -0.39 is 5.60 Å². The lowest BCUT2D eigenvalue weighted by atomic mass is 9.95. The molecule has 2 aromatic rings. The van der Waals surface area contributed by atoms with E-state index in [1.54, 1.807) is 26.4 Å². The molecule has 1 atom stereocenters. The molecule has 0 spiro atoms. The van der Waals surface area contributed by atoms with Crippen molar-refractivity contribution in [3.8, 4) is 11.5 Å². The Morgan fingerprint density at radius 2 is 1.92 bits per heavy atom. The molecule has 132 valence electrons. The van der Waals surface area contributed by atoms with Crippen LogP contribution in [-0.2, 0) is 12.0 Å². The van der Waals surface area contributed by atoms with E-state index in [0.29, 0.717) is 23.5 Å². The van der Waals surface area contributed by atoms with Crippen LogP contribution < -0.4 is 14.8 Å². The van der Waals surface area contributed by atoms with Crippen LogP contribution in [0.25, 0.3) is 0 Å². The number of hydrogen-bond acceptors (Lipinski definition) is 4. The van der Waals surface area contributed by atoms with Gasteiger partial charge in [-0.15, -0.1) is 0 Å². The van der Waals surface area contributed by atoms with Gasteiger partial charge in [0.2, 0.25) is 0 Å². The second-order valence-electron chi connectivity index (χ2n) is 6.45. The van der Waals surface area contributed by atoms with E-state index in [1.807, 2.05) is 31.2 Å². The molecule has 25 heavy (non-hydrogen) atoms. The zero-order valence-corrected chi connectivity index (χ0v) is 14.8. The molecule has 2 N–H and O–H groups in total. The number of aliphatic hydroxyl groups is 1. The molecule has 1 aliphatic rings. The SMILES string of the molecule is COc1cc2c(cc1OC)C(O)(CNC(=O)c1cccc(C)c1)CC2. The molecule has 0 saturated carbocycles. The number of rotatable bonds is 5. The molecule has 0 aliphatic heterocycles. The molecule has 1 aliphatic carbocycles. The molecule has 5 nitrogen and oxygen atoms in total. The number of carbonyl (C=O) groups excluding carboxylic acids is 1. The van der Waals surface area contributed by atoms with Crippen molar-refractivity contribution in [2.24, 2.45) is 0 Å². The maximum Gasteiger partial charge on any atom is 0.251 e. The van der Waals surface area contributed by atoms with Gasteiger partial charge in [0, 0.05) is 5.56 Å². The third kappa shape index (κ3) is 3.33. The van der Waals surface area contributed by atoms with E-state index >= 15 is 0 Å². The summed E-state index contributed by atoms with van der Waals surface area (Å²) in [6, 6.07) is 11.1. The second kappa shape index (κ2) is 6.76. The first kappa shape index (κ1) is 17.3. The molecule has 0 saturated heterocycles. The molecule has 0 heterocycles. The summed E-state index contributed by atoms with van der Waals surface area (Å²) in [6.07, 6.45) is 1.28. The number of carbonyl (C=O) groups is 1. The molecular formula is C20H23NO4. The van der Waals surface area contributed by atoms with Crippen molar-refractivity contribution >= 4 is 5.91 Å². The molecule has 2 aromatic carbocycles. The molecule has 1 unspecified atom stereocenters. The summed E-state index contributed by atoms with van der Waals surface area (Å²) in [5, 5.41) is 13.9. The van der Waals surface area contributed by atoms with Crippen LogP contribution in [0.2, 0.25) is 0 Å². The van der Waals surface area contributed by atoms with Crippen molar-refractivity contribution in [1.82, 2.24) is 5.32 Å². The van der Waals surface area contributed by atoms with Gasteiger partial charge >= 0.3 is 0 Å². The highest BCUT2D eigenvalue weighted by atomic mass is 16.5. The summed E-state index contributed by atoms with van der Waals surface area (Å²) < 4.78 is 10.7. The van der Waals surface area contributed by atoms with E-state index in [4.69, 9.17) is 9.47 Å². The van der Waals surface area contributed by atoms with Gasteiger partial charge in [0.1, 0.15) is 5.60 Å². The number of amides is 1. The Morgan fingerprint density at radius 3 is 2.60 bits per heavy atom. The smallest absolute Gasteiger partial charge is 0.251 e. The Bertz CT molecular complexity index is 802. The van der Waals surface area contributed by atoms with Crippen molar-refractivity contribution in [2.75, 3.05) is 20.8 Å². The summed E-state index contributed by atoms with van der Waals surface area (Å²) in [5.41, 5.74) is 2.32. The minimum absolute atomic E-state index is 0.155. The lowest BCUT2D eigenvalue weighted by molar-refractivity contribution is 0.0368. The number of nitrogens with one attached hydrogen (secondary N) is 1. The van der Waals surface area contributed by atoms with Gasteiger partial charge in [-0.25, -0.2) is 0 Å². The van der Waals surface area contributed by atoms with E-state index in [9.17, 15) is 9.90 Å². The average molecular weight is 341 g/mol. The summed E-state index contributed by atoms with van der Waals surface area (Å²) in [7, 11) is 3.16. The van der Waals surface area contributed by atoms with Gasteiger partial charge in [0.05, 0.1) is 20.8 Å². The summed E-state index contributed by atoms with van der Waals surface area (Å²) >= 11 is 0. The van der Waals surface area contributed by atoms with Crippen LogP contribution in [0.4, 0.5) is 0 Å². The summed E-state index contributed by atoms with van der Waals surface area (Å²) in [6.45, 7) is 2.10. The summed E-state index contributed by atoms with van der Waals surface area (Å²) in [4.78, 5) is 12.4. The minimum atomic E-state index is -1.10. The standard InChI is InChI=1S/C20H23NO4/c1-13-5-4-6-15(9-13)19(22)21-12-20(23)8-7-14-10-17(24-2)18(25-3)11-16(14)20/h4-6,9-11,23H,7-8,12H2,1-3H3,(H,21,22). The summed E-state index contributed by atoms with van der Waals surface area (Å²) in [5.74, 6) is 1.03. The van der Waals surface area contributed by atoms with Gasteiger partial charge < -0.3 is 19.9 Å². The largest absolute Gasteiger partial charge is 0.493 e.